The molecule has 2 aromatic rings. The molecule has 0 heteroatoms. The van der Waals surface area contributed by atoms with Crippen molar-refractivity contribution in [3.63, 3.8) is 0 Å². The first-order valence-corrected chi connectivity index (χ1v) is 13.2. The van der Waals surface area contributed by atoms with Gasteiger partial charge in [0.05, 0.1) is 0 Å². The Labute approximate surface area is 201 Å². The van der Waals surface area contributed by atoms with Crippen LogP contribution in [-0.2, 0) is 6.42 Å². The molecule has 3 aliphatic carbocycles. The Morgan fingerprint density at radius 3 is 2.12 bits per heavy atom. The maximum absolute atomic E-state index is 4.53. The molecule has 33 heavy (non-hydrogen) atoms. The molecule has 0 saturated heterocycles. The zero-order valence-corrected chi connectivity index (χ0v) is 20.5. The molecule has 0 atom stereocenters. The topological polar surface area (TPSA) is 0 Å². The quantitative estimate of drug-likeness (QED) is 0.343. The van der Waals surface area contributed by atoms with Crippen molar-refractivity contribution in [3.05, 3.63) is 90.5 Å². The van der Waals surface area contributed by atoms with Crippen molar-refractivity contribution in [3.8, 4) is 11.1 Å². The van der Waals surface area contributed by atoms with E-state index in [0.717, 1.165) is 18.3 Å². The highest BCUT2D eigenvalue weighted by atomic mass is 14.5. The Bertz CT molecular complexity index is 1030. The van der Waals surface area contributed by atoms with Gasteiger partial charge in [-0.25, -0.2) is 0 Å². The molecule has 0 radical (unpaired) electrons. The van der Waals surface area contributed by atoms with Crippen molar-refractivity contribution >= 4 is 5.57 Å². The van der Waals surface area contributed by atoms with Crippen molar-refractivity contribution in [1.29, 1.82) is 0 Å². The molecule has 0 unspecified atom stereocenters. The third-order valence-electron chi connectivity index (χ3n) is 8.73. The maximum atomic E-state index is 4.53. The Hall–Kier alpha value is -2.34. The highest BCUT2D eigenvalue weighted by molar-refractivity contribution is 5.70. The average molecular weight is 437 g/mol. The van der Waals surface area contributed by atoms with Crippen LogP contribution in [0.1, 0.15) is 75.8 Å². The molecular weight excluding hydrogens is 396 g/mol. The van der Waals surface area contributed by atoms with Crippen LogP contribution in [0.25, 0.3) is 16.7 Å². The van der Waals surface area contributed by atoms with Crippen LogP contribution in [0, 0.1) is 23.2 Å². The fourth-order valence-corrected chi connectivity index (χ4v) is 5.86. The zero-order valence-electron chi connectivity index (χ0n) is 20.5. The first-order chi connectivity index (χ1) is 15.9. The van der Waals surface area contributed by atoms with Crippen LogP contribution in [0.2, 0.25) is 0 Å². The molecule has 3 fully saturated rings. The number of hydrogen-bond donors (Lipinski definition) is 0. The van der Waals surface area contributed by atoms with E-state index in [-0.39, 0.29) is 0 Å². The smallest absolute Gasteiger partial charge is 0.00695 e. The highest BCUT2D eigenvalue weighted by Gasteiger charge is 2.43. The summed E-state index contributed by atoms with van der Waals surface area (Å²) in [6.45, 7) is 15.7. The van der Waals surface area contributed by atoms with Gasteiger partial charge in [0, 0.05) is 0 Å². The van der Waals surface area contributed by atoms with Crippen LogP contribution in [0.4, 0.5) is 0 Å². The average Bonchev–Trinajstić information content (AvgIpc) is 3.77. The summed E-state index contributed by atoms with van der Waals surface area (Å²) in [5.74, 6) is 2.26. The minimum Gasteiger partial charge on any atom is -0.0995 e. The van der Waals surface area contributed by atoms with E-state index in [2.05, 4.69) is 75.2 Å². The summed E-state index contributed by atoms with van der Waals surface area (Å²) in [5, 5.41) is 0. The van der Waals surface area contributed by atoms with Gasteiger partial charge in [-0.2, -0.15) is 0 Å². The van der Waals surface area contributed by atoms with Gasteiger partial charge < -0.3 is 0 Å². The fraction of sp³-hybridized carbons (Fsp3) is 0.455. The third kappa shape index (κ3) is 5.26. The summed E-state index contributed by atoms with van der Waals surface area (Å²) in [7, 11) is 0. The first kappa shape index (κ1) is 22.5. The normalized spacial score (nSPS) is 23.7. The van der Waals surface area contributed by atoms with Crippen LogP contribution in [-0.4, -0.2) is 0 Å². The monoisotopic (exact) mass is 436 g/mol. The summed E-state index contributed by atoms with van der Waals surface area (Å²) < 4.78 is 0. The molecule has 2 aromatic carbocycles. The van der Waals surface area contributed by atoms with Gasteiger partial charge in [0.1, 0.15) is 0 Å². The molecule has 0 nitrogen and oxygen atoms in total. The number of rotatable bonds is 9. The molecule has 172 valence electrons. The van der Waals surface area contributed by atoms with Crippen molar-refractivity contribution in [1.82, 2.24) is 0 Å². The fourth-order valence-electron chi connectivity index (χ4n) is 5.86. The lowest BCUT2D eigenvalue weighted by Crippen LogP contribution is -2.19. The van der Waals surface area contributed by atoms with Crippen molar-refractivity contribution in [2.24, 2.45) is 23.2 Å². The van der Waals surface area contributed by atoms with E-state index in [9.17, 15) is 0 Å². The Kier molecular flexibility index (Phi) is 6.21. The van der Waals surface area contributed by atoms with Gasteiger partial charge >= 0.3 is 0 Å². The second-order valence-corrected chi connectivity index (χ2v) is 11.5. The maximum Gasteiger partial charge on any atom is -0.00695 e. The van der Waals surface area contributed by atoms with Gasteiger partial charge in [0.15, 0.2) is 0 Å². The van der Waals surface area contributed by atoms with Crippen LogP contribution in [0.3, 0.4) is 0 Å². The number of allylic oxidation sites excluding steroid dienone is 3. The molecule has 3 aliphatic rings. The molecule has 0 heterocycles. The Balaban J connectivity index is 1.19. The minimum atomic E-state index is 0.464. The lowest BCUT2D eigenvalue weighted by atomic mass is 9.72. The highest BCUT2D eigenvalue weighted by Crippen LogP contribution is 2.55. The summed E-state index contributed by atoms with van der Waals surface area (Å²) in [6.07, 6.45) is 12.8. The molecule has 0 amide bonds. The van der Waals surface area contributed by atoms with Gasteiger partial charge in [0.2, 0.25) is 0 Å². The number of hydrogen-bond acceptors (Lipinski definition) is 0. The SMILES string of the molecule is C=C(Cc1cccc(-c2ccc(C(=C)C3CCC(C(=C)C4(C)CC4)CC3)cc2)c1)CC1CC1. The van der Waals surface area contributed by atoms with Crippen LogP contribution >= 0.6 is 0 Å². The van der Waals surface area contributed by atoms with Crippen LogP contribution in [0.15, 0.2) is 79.4 Å². The van der Waals surface area contributed by atoms with Crippen LogP contribution < -0.4 is 0 Å². The van der Waals surface area contributed by atoms with Gasteiger partial charge in [-0.3, -0.25) is 0 Å². The van der Waals surface area contributed by atoms with Gasteiger partial charge in [-0.05, 0) is 115 Å². The van der Waals surface area contributed by atoms with Gasteiger partial charge in [0.25, 0.3) is 0 Å². The van der Waals surface area contributed by atoms with Crippen molar-refractivity contribution in [2.75, 3.05) is 0 Å². The first-order valence-electron chi connectivity index (χ1n) is 13.2. The van der Waals surface area contributed by atoms with Crippen molar-refractivity contribution in [2.45, 2.75) is 71.1 Å². The van der Waals surface area contributed by atoms with E-state index in [1.807, 2.05) is 0 Å². The van der Waals surface area contributed by atoms with E-state index < -0.39 is 0 Å². The molecule has 0 N–H and O–H groups in total. The minimum absolute atomic E-state index is 0.464. The molecule has 0 bridgehead atoms. The van der Waals surface area contributed by atoms with Gasteiger partial charge in [-0.15, -0.1) is 0 Å². The lowest BCUT2D eigenvalue weighted by molar-refractivity contribution is 0.331. The predicted molar refractivity (Wildman–Crippen MR) is 143 cm³/mol. The second kappa shape index (κ2) is 9.13. The standard InChI is InChI=1S/C33H40/c1-23(20-26-8-9-26)21-27-6-5-7-32(22-27)31-16-12-29(13-17-31)24(2)28-10-14-30(15-11-28)25(3)33(4)18-19-33/h5-7,12-13,16-17,22,26,28,30H,1-3,8-11,14-15,18-21H2,4H3. The molecular formula is C33H40. The summed E-state index contributed by atoms with van der Waals surface area (Å²) >= 11 is 0. The van der Waals surface area contributed by atoms with Gasteiger partial charge in [-0.1, -0.05) is 86.3 Å². The third-order valence-corrected chi connectivity index (χ3v) is 8.73. The van der Waals surface area contributed by atoms with Crippen molar-refractivity contribution < 1.29 is 0 Å². The van der Waals surface area contributed by atoms with E-state index in [1.165, 1.54) is 96.8 Å². The van der Waals surface area contributed by atoms with E-state index in [4.69, 9.17) is 0 Å². The van der Waals surface area contributed by atoms with E-state index in [0.29, 0.717) is 11.3 Å². The van der Waals surface area contributed by atoms with E-state index >= 15 is 0 Å². The molecule has 3 saturated carbocycles. The predicted octanol–water partition coefficient (Wildman–Crippen LogP) is 9.43. The molecule has 0 aliphatic heterocycles. The molecule has 0 spiro atoms. The lowest BCUT2D eigenvalue weighted by Gasteiger charge is -2.33. The second-order valence-electron chi connectivity index (χ2n) is 11.5. The van der Waals surface area contributed by atoms with E-state index in [1.54, 1.807) is 0 Å². The van der Waals surface area contributed by atoms with Crippen LogP contribution in [0.5, 0.6) is 0 Å². The number of benzene rings is 2. The molecule has 0 aromatic heterocycles. The Morgan fingerprint density at radius 1 is 0.818 bits per heavy atom. The zero-order chi connectivity index (χ0) is 23.0. The summed E-state index contributed by atoms with van der Waals surface area (Å²) in [4.78, 5) is 0. The largest absolute Gasteiger partial charge is 0.0995 e. The summed E-state index contributed by atoms with van der Waals surface area (Å²) in [6, 6.07) is 18.1. The Morgan fingerprint density at radius 2 is 1.48 bits per heavy atom. The molecule has 5 rings (SSSR count). The summed E-state index contributed by atoms with van der Waals surface area (Å²) in [5.41, 5.74) is 9.99.